The van der Waals surface area contributed by atoms with E-state index in [1.165, 1.54) is 41.1 Å². The number of methoxy groups -OCH3 is 1. The van der Waals surface area contributed by atoms with Crippen molar-refractivity contribution in [2.45, 2.75) is 11.3 Å². The molecule has 0 aliphatic carbocycles. The summed E-state index contributed by atoms with van der Waals surface area (Å²) in [5, 5.41) is 11.8. The topological polar surface area (TPSA) is 91.4 Å². The van der Waals surface area contributed by atoms with Crippen LogP contribution in [0.2, 0.25) is 5.02 Å². The molecule has 37 heavy (non-hydrogen) atoms. The number of aliphatic hydroxyl groups is 1. The summed E-state index contributed by atoms with van der Waals surface area (Å²) < 4.78 is 15.2. The molecule has 8 nitrogen and oxygen atoms in total. The van der Waals surface area contributed by atoms with Gasteiger partial charge in [0, 0.05) is 41.2 Å². The molecule has 3 heterocycles. The second kappa shape index (κ2) is 11.0. The van der Waals surface area contributed by atoms with E-state index in [2.05, 4.69) is 9.97 Å². The fourth-order valence-electron chi connectivity index (χ4n) is 3.67. The number of ether oxygens (including phenoxy) is 2. The molecule has 0 bridgehead atoms. The normalized spacial score (nSPS) is 12.1. The van der Waals surface area contributed by atoms with Crippen LogP contribution < -0.4 is 15.0 Å². The van der Waals surface area contributed by atoms with Crippen molar-refractivity contribution in [2.75, 3.05) is 19.5 Å². The Kier molecular flexibility index (Phi) is 7.52. The minimum Gasteiger partial charge on any atom is -0.493 e. The molecule has 0 aliphatic rings. The highest BCUT2D eigenvalue weighted by Crippen LogP contribution is 2.33. The zero-order chi connectivity index (χ0) is 25.9. The zero-order valence-electron chi connectivity index (χ0n) is 20.0. The highest BCUT2D eigenvalue weighted by Gasteiger charge is 2.15. The Morgan fingerprint density at radius 1 is 1.14 bits per heavy atom. The van der Waals surface area contributed by atoms with E-state index in [1.54, 1.807) is 24.4 Å². The van der Waals surface area contributed by atoms with Gasteiger partial charge >= 0.3 is 0 Å². The number of thioether (sulfide) groups is 1. The van der Waals surface area contributed by atoms with Crippen molar-refractivity contribution in [3.8, 4) is 27.6 Å². The van der Waals surface area contributed by atoms with Crippen molar-refractivity contribution in [1.29, 1.82) is 0 Å². The van der Waals surface area contributed by atoms with Gasteiger partial charge < -0.3 is 19.1 Å². The van der Waals surface area contributed by atoms with Crippen LogP contribution >= 0.6 is 34.7 Å². The summed E-state index contributed by atoms with van der Waals surface area (Å²) in [5.41, 5.74) is 2.03. The predicted molar refractivity (Wildman–Crippen MR) is 148 cm³/mol. The molecule has 2 aromatic carbocycles. The molecule has 1 unspecified atom stereocenters. The van der Waals surface area contributed by atoms with E-state index < -0.39 is 6.10 Å². The Bertz CT molecular complexity index is 1600. The fourth-order valence-corrected chi connectivity index (χ4v) is 5.68. The molecule has 5 rings (SSSR count). The first-order chi connectivity index (χ1) is 17.9. The molecule has 1 N–H and O–H groups in total. The lowest BCUT2D eigenvalue weighted by Gasteiger charge is -2.15. The van der Waals surface area contributed by atoms with E-state index >= 15 is 0 Å². The maximum absolute atomic E-state index is 13.3. The lowest BCUT2D eigenvalue weighted by Crippen LogP contribution is -2.21. The van der Waals surface area contributed by atoms with Gasteiger partial charge in [0.1, 0.15) is 17.6 Å². The van der Waals surface area contributed by atoms with E-state index in [0.29, 0.717) is 38.2 Å². The third-order valence-corrected chi connectivity index (χ3v) is 8.22. The quantitative estimate of drug-likeness (QED) is 0.255. The predicted octanol–water partition coefficient (Wildman–Crippen LogP) is 5.04. The van der Waals surface area contributed by atoms with Crippen molar-refractivity contribution in [3.63, 3.8) is 0 Å². The number of hydrogen-bond donors (Lipinski definition) is 1. The summed E-state index contributed by atoms with van der Waals surface area (Å²) >= 11 is 8.84. The first-order valence-electron chi connectivity index (χ1n) is 11.3. The van der Waals surface area contributed by atoms with Crippen molar-refractivity contribution in [2.24, 2.45) is 7.05 Å². The highest BCUT2D eigenvalue weighted by atomic mass is 35.5. The van der Waals surface area contributed by atoms with Gasteiger partial charge in [0.2, 0.25) is 0 Å². The molecule has 11 heteroatoms. The van der Waals surface area contributed by atoms with Gasteiger partial charge in [-0.25, -0.2) is 9.97 Å². The molecule has 0 saturated heterocycles. The van der Waals surface area contributed by atoms with E-state index in [-0.39, 0.29) is 12.2 Å². The number of aliphatic hydroxyl groups excluding tert-OH is 1. The van der Waals surface area contributed by atoms with E-state index in [9.17, 15) is 9.90 Å². The molecule has 190 valence electrons. The third kappa shape index (κ3) is 5.52. The van der Waals surface area contributed by atoms with Crippen LogP contribution in [-0.4, -0.2) is 49.8 Å². The van der Waals surface area contributed by atoms with Crippen LogP contribution in [0.4, 0.5) is 0 Å². The fraction of sp³-hybridized carbons (Fsp3) is 0.192. The lowest BCUT2D eigenvalue weighted by molar-refractivity contribution is 0.124. The number of aryl methyl sites for hydroxylation is 1. The Hall–Kier alpha value is -3.31. The molecular weight excluding hydrogens is 532 g/mol. The average molecular weight is 555 g/mol. The second-order valence-electron chi connectivity index (χ2n) is 8.18. The first-order valence-corrected chi connectivity index (χ1v) is 13.5. The van der Waals surface area contributed by atoms with Gasteiger partial charge in [-0.05, 0) is 35.9 Å². The number of fused-ring (bicyclic) bond motifs is 1. The van der Waals surface area contributed by atoms with Crippen LogP contribution in [0, 0.1) is 0 Å². The molecule has 0 spiro atoms. The number of rotatable bonds is 9. The van der Waals surface area contributed by atoms with Gasteiger partial charge in [0.15, 0.2) is 16.7 Å². The van der Waals surface area contributed by atoms with Gasteiger partial charge in [-0.3, -0.25) is 9.36 Å². The molecule has 3 aromatic heterocycles. The largest absolute Gasteiger partial charge is 0.493 e. The van der Waals surface area contributed by atoms with Crippen molar-refractivity contribution < 1.29 is 14.6 Å². The summed E-state index contributed by atoms with van der Waals surface area (Å²) in [5.74, 6) is 1.35. The lowest BCUT2D eigenvalue weighted by atomic mass is 10.2. The standard InChI is InChI=1S/C26H23ClN4O4S2/c1-30-10-9-28-26(30)36-14-19(32)13-35-21-8-7-18(11-22(21)34-2)31-15-29-20-12-23(37-24(20)25(31)33)16-3-5-17(27)6-4-16/h3-12,15,19,32H,13-14H2,1-2H3. The SMILES string of the molecule is COc1cc(-n2cnc3cc(-c4ccc(Cl)cc4)sc3c2=O)ccc1OCC(O)CSc1nccn1C. The molecule has 0 saturated carbocycles. The van der Waals surface area contributed by atoms with E-state index in [4.69, 9.17) is 21.1 Å². The summed E-state index contributed by atoms with van der Waals surface area (Å²) in [6.07, 6.45) is 4.38. The number of benzene rings is 2. The first kappa shape index (κ1) is 25.3. The Balaban J connectivity index is 1.33. The van der Waals surface area contributed by atoms with Gasteiger partial charge in [-0.2, -0.15) is 0 Å². The van der Waals surface area contributed by atoms with Crippen LogP contribution in [0.5, 0.6) is 11.5 Å². The monoisotopic (exact) mass is 554 g/mol. The van der Waals surface area contributed by atoms with Gasteiger partial charge in [-0.1, -0.05) is 35.5 Å². The molecule has 0 aliphatic heterocycles. The summed E-state index contributed by atoms with van der Waals surface area (Å²) in [6, 6.07) is 14.6. The number of nitrogens with zero attached hydrogens (tertiary/aromatic N) is 4. The van der Waals surface area contributed by atoms with Gasteiger partial charge in [0.05, 0.1) is 24.4 Å². The maximum Gasteiger partial charge on any atom is 0.275 e. The number of hydrogen-bond acceptors (Lipinski definition) is 8. The molecule has 1 atom stereocenters. The molecular formula is C26H23ClN4O4S2. The highest BCUT2D eigenvalue weighted by molar-refractivity contribution is 7.99. The minimum atomic E-state index is -0.700. The van der Waals surface area contributed by atoms with Crippen molar-refractivity contribution >= 4 is 44.9 Å². The number of halogens is 1. The minimum absolute atomic E-state index is 0.0866. The van der Waals surface area contributed by atoms with Crippen LogP contribution in [0.3, 0.4) is 0 Å². The van der Waals surface area contributed by atoms with Gasteiger partial charge in [-0.15, -0.1) is 11.3 Å². The molecule has 0 fully saturated rings. The van der Waals surface area contributed by atoms with Gasteiger partial charge in [0.25, 0.3) is 5.56 Å². The smallest absolute Gasteiger partial charge is 0.275 e. The summed E-state index contributed by atoms with van der Waals surface area (Å²) in [4.78, 5) is 23.0. The van der Waals surface area contributed by atoms with E-state index in [0.717, 1.165) is 15.6 Å². The van der Waals surface area contributed by atoms with E-state index in [1.807, 2.05) is 48.1 Å². The second-order valence-corrected chi connectivity index (χ2v) is 10.7. The Morgan fingerprint density at radius 3 is 2.68 bits per heavy atom. The number of aromatic nitrogens is 4. The zero-order valence-corrected chi connectivity index (χ0v) is 22.4. The Labute approximate surface area is 226 Å². The summed E-state index contributed by atoms with van der Waals surface area (Å²) in [7, 11) is 3.43. The van der Waals surface area contributed by atoms with Crippen LogP contribution in [0.1, 0.15) is 0 Å². The average Bonchev–Trinajstić information content (AvgIpc) is 3.53. The maximum atomic E-state index is 13.3. The number of thiophene rings is 1. The Morgan fingerprint density at radius 2 is 1.95 bits per heavy atom. The van der Waals surface area contributed by atoms with Crippen LogP contribution in [0.15, 0.2) is 77.2 Å². The van der Waals surface area contributed by atoms with Crippen LogP contribution in [-0.2, 0) is 7.05 Å². The van der Waals surface area contributed by atoms with Crippen molar-refractivity contribution in [1.82, 2.24) is 19.1 Å². The third-order valence-electron chi connectivity index (χ3n) is 5.60. The molecule has 5 aromatic rings. The molecule has 0 amide bonds. The van der Waals surface area contributed by atoms with Crippen molar-refractivity contribution in [3.05, 3.63) is 82.6 Å². The molecule has 0 radical (unpaired) electrons. The summed E-state index contributed by atoms with van der Waals surface area (Å²) in [6.45, 7) is 0.0866. The number of imidazole rings is 1. The van der Waals surface area contributed by atoms with Crippen LogP contribution in [0.25, 0.3) is 26.3 Å².